The Morgan fingerprint density at radius 3 is 2.35 bits per heavy atom. The molecule has 0 saturated carbocycles. The highest BCUT2D eigenvalue weighted by Crippen LogP contribution is 2.28. The maximum Gasteiger partial charge on any atom is 0.261 e. The SMILES string of the molecule is CC(=O)Nc1ccc(NS(=O)(=O)c2ccc(F)c(Cl)c2)c(Cl)c1. The molecule has 23 heavy (non-hydrogen) atoms. The second kappa shape index (κ2) is 6.74. The third kappa shape index (κ3) is 4.34. The maximum absolute atomic E-state index is 13.1. The van der Waals surface area contributed by atoms with Crippen LogP contribution in [0.3, 0.4) is 0 Å². The Hall–Kier alpha value is -1.83. The molecule has 1 amide bonds. The van der Waals surface area contributed by atoms with Crippen LogP contribution in [-0.2, 0) is 14.8 Å². The highest BCUT2D eigenvalue weighted by molar-refractivity contribution is 7.92. The zero-order valence-electron chi connectivity index (χ0n) is 11.7. The average molecular weight is 377 g/mol. The molecule has 0 aliphatic rings. The predicted octanol–water partition coefficient (Wildman–Crippen LogP) is 3.89. The minimum atomic E-state index is -3.98. The number of hydrogen-bond donors (Lipinski definition) is 2. The van der Waals surface area contributed by atoms with Crippen molar-refractivity contribution in [1.82, 2.24) is 0 Å². The number of anilines is 2. The van der Waals surface area contributed by atoms with Crippen LogP contribution in [0.4, 0.5) is 15.8 Å². The van der Waals surface area contributed by atoms with Gasteiger partial charge in [-0.1, -0.05) is 23.2 Å². The molecule has 0 atom stereocenters. The summed E-state index contributed by atoms with van der Waals surface area (Å²) >= 11 is 11.6. The van der Waals surface area contributed by atoms with E-state index in [0.717, 1.165) is 18.2 Å². The predicted molar refractivity (Wildman–Crippen MR) is 88.0 cm³/mol. The van der Waals surface area contributed by atoms with E-state index in [2.05, 4.69) is 10.0 Å². The van der Waals surface area contributed by atoms with Crippen molar-refractivity contribution in [2.45, 2.75) is 11.8 Å². The van der Waals surface area contributed by atoms with E-state index in [9.17, 15) is 17.6 Å². The zero-order chi connectivity index (χ0) is 17.2. The molecular formula is C14H11Cl2FN2O3S. The number of hydrogen-bond acceptors (Lipinski definition) is 3. The molecule has 0 radical (unpaired) electrons. The molecule has 2 N–H and O–H groups in total. The smallest absolute Gasteiger partial charge is 0.261 e. The van der Waals surface area contributed by atoms with E-state index in [-0.39, 0.29) is 26.5 Å². The molecule has 0 spiro atoms. The Morgan fingerprint density at radius 2 is 1.78 bits per heavy atom. The summed E-state index contributed by atoms with van der Waals surface area (Å²) in [5.41, 5.74) is 0.538. The zero-order valence-corrected chi connectivity index (χ0v) is 14.1. The van der Waals surface area contributed by atoms with Gasteiger partial charge in [0, 0.05) is 12.6 Å². The fourth-order valence-corrected chi connectivity index (χ4v) is 3.36. The summed E-state index contributed by atoms with van der Waals surface area (Å²) in [5, 5.41) is 2.31. The van der Waals surface area contributed by atoms with Crippen molar-refractivity contribution in [2.24, 2.45) is 0 Å². The molecule has 2 aromatic rings. The van der Waals surface area contributed by atoms with Crippen LogP contribution < -0.4 is 10.0 Å². The molecule has 0 aliphatic heterocycles. The van der Waals surface area contributed by atoms with E-state index in [1.165, 1.54) is 25.1 Å². The Morgan fingerprint density at radius 1 is 1.09 bits per heavy atom. The van der Waals surface area contributed by atoms with Gasteiger partial charge in [-0.3, -0.25) is 9.52 Å². The van der Waals surface area contributed by atoms with E-state index < -0.39 is 15.8 Å². The third-order valence-corrected chi connectivity index (χ3v) is 4.70. The third-order valence-electron chi connectivity index (χ3n) is 2.74. The summed E-state index contributed by atoms with van der Waals surface area (Å²) in [5.74, 6) is -1.00. The molecular weight excluding hydrogens is 366 g/mol. The standard InChI is InChI=1S/C14H11Cl2FN2O3S/c1-8(20)18-9-2-5-14(12(16)6-9)19-23(21,22)10-3-4-13(17)11(15)7-10/h2-7,19H,1H3,(H,18,20). The Kier molecular flexibility index (Phi) is 5.13. The van der Waals surface area contributed by atoms with Crippen LogP contribution in [0.25, 0.3) is 0 Å². The van der Waals surface area contributed by atoms with E-state index in [1.54, 1.807) is 0 Å². The lowest BCUT2D eigenvalue weighted by atomic mass is 10.3. The fourth-order valence-electron chi connectivity index (χ4n) is 1.73. The molecule has 0 heterocycles. The van der Waals surface area contributed by atoms with Gasteiger partial charge in [-0.15, -0.1) is 0 Å². The molecule has 0 unspecified atom stereocenters. The van der Waals surface area contributed by atoms with Gasteiger partial charge in [-0.25, -0.2) is 12.8 Å². The van der Waals surface area contributed by atoms with Gasteiger partial charge >= 0.3 is 0 Å². The van der Waals surface area contributed by atoms with Crippen molar-refractivity contribution in [3.8, 4) is 0 Å². The largest absolute Gasteiger partial charge is 0.326 e. The van der Waals surface area contributed by atoms with Crippen LogP contribution >= 0.6 is 23.2 Å². The lowest BCUT2D eigenvalue weighted by molar-refractivity contribution is -0.114. The van der Waals surface area contributed by atoms with Crippen LogP contribution in [0.1, 0.15) is 6.92 Å². The number of carbonyl (C=O) groups is 1. The first-order chi connectivity index (χ1) is 10.7. The number of benzene rings is 2. The first-order valence-corrected chi connectivity index (χ1v) is 8.48. The van der Waals surface area contributed by atoms with E-state index >= 15 is 0 Å². The summed E-state index contributed by atoms with van der Waals surface area (Å²) in [7, 11) is -3.98. The van der Waals surface area contributed by atoms with Gasteiger partial charge in [0.15, 0.2) is 0 Å². The maximum atomic E-state index is 13.1. The molecule has 122 valence electrons. The van der Waals surface area contributed by atoms with Crippen molar-refractivity contribution in [3.63, 3.8) is 0 Å². The molecule has 0 aromatic heterocycles. The average Bonchev–Trinajstić information content (AvgIpc) is 2.44. The Balaban J connectivity index is 2.30. The van der Waals surface area contributed by atoms with E-state index in [0.29, 0.717) is 5.69 Å². The molecule has 0 bridgehead atoms. The molecule has 0 aliphatic carbocycles. The quantitative estimate of drug-likeness (QED) is 0.849. The van der Waals surface area contributed by atoms with Gasteiger partial charge < -0.3 is 5.32 Å². The molecule has 5 nitrogen and oxygen atoms in total. The summed E-state index contributed by atoms with van der Waals surface area (Å²) in [4.78, 5) is 10.8. The molecule has 9 heteroatoms. The highest BCUT2D eigenvalue weighted by Gasteiger charge is 2.17. The van der Waals surface area contributed by atoms with Crippen molar-refractivity contribution < 1.29 is 17.6 Å². The summed E-state index contributed by atoms with van der Waals surface area (Å²) in [6.07, 6.45) is 0. The number of sulfonamides is 1. The van der Waals surface area contributed by atoms with Gasteiger partial charge in [0.05, 0.1) is 20.6 Å². The van der Waals surface area contributed by atoms with Crippen molar-refractivity contribution in [1.29, 1.82) is 0 Å². The number of amides is 1. The van der Waals surface area contributed by atoms with Gasteiger partial charge in [0.1, 0.15) is 5.82 Å². The second-order valence-electron chi connectivity index (χ2n) is 4.56. The molecule has 0 fully saturated rings. The monoisotopic (exact) mass is 376 g/mol. The fraction of sp³-hybridized carbons (Fsp3) is 0.0714. The van der Waals surface area contributed by atoms with Crippen LogP contribution in [0.15, 0.2) is 41.3 Å². The Labute approximate surface area is 142 Å². The molecule has 2 rings (SSSR count). The van der Waals surface area contributed by atoms with Crippen LogP contribution in [0.2, 0.25) is 10.0 Å². The molecule has 0 saturated heterocycles. The highest BCUT2D eigenvalue weighted by atomic mass is 35.5. The van der Waals surface area contributed by atoms with Crippen LogP contribution in [-0.4, -0.2) is 14.3 Å². The summed E-state index contributed by atoms with van der Waals surface area (Å²) in [6.45, 7) is 1.34. The van der Waals surface area contributed by atoms with Gasteiger partial charge in [-0.2, -0.15) is 0 Å². The normalized spacial score (nSPS) is 11.1. The van der Waals surface area contributed by atoms with Crippen molar-refractivity contribution in [2.75, 3.05) is 10.0 Å². The number of halogens is 3. The lowest BCUT2D eigenvalue weighted by Crippen LogP contribution is -2.13. The topological polar surface area (TPSA) is 75.3 Å². The first kappa shape index (κ1) is 17.5. The number of rotatable bonds is 4. The van der Waals surface area contributed by atoms with Crippen molar-refractivity contribution >= 4 is 50.5 Å². The Bertz CT molecular complexity index is 872. The van der Waals surface area contributed by atoms with Crippen molar-refractivity contribution in [3.05, 3.63) is 52.3 Å². The summed E-state index contributed by atoms with van der Waals surface area (Å²) < 4.78 is 39.9. The van der Waals surface area contributed by atoms with Crippen LogP contribution in [0, 0.1) is 5.82 Å². The van der Waals surface area contributed by atoms with Crippen LogP contribution in [0.5, 0.6) is 0 Å². The number of nitrogens with one attached hydrogen (secondary N) is 2. The van der Waals surface area contributed by atoms with E-state index in [1.807, 2.05) is 0 Å². The van der Waals surface area contributed by atoms with Gasteiger partial charge in [-0.05, 0) is 36.4 Å². The molecule has 2 aromatic carbocycles. The van der Waals surface area contributed by atoms with Gasteiger partial charge in [0.25, 0.3) is 10.0 Å². The van der Waals surface area contributed by atoms with Gasteiger partial charge in [0.2, 0.25) is 5.91 Å². The van der Waals surface area contributed by atoms with E-state index in [4.69, 9.17) is 23.2 Å². The lowest BCUT2D eigenvalue weighted by Gasteiger charge is -2.11. The minimum absolute atomic E-state index is 0.0908. The summed E-state index contributed by atoms with van der Waals surface area (Å²) in [6, 6.07) is 7.33. The second-order valence-corrected chi connectivity index (χ2v) is 7.05. The first-order valence-electron chi connectivity index (χ1n) is 6.24. The minimum Gasteiger partial charge on any atom is -0.326 e. The number of carbonyl (C=O) groups excluding carboxylic acids is 1.